The molecule has 0 aliphatic heterocycles. The number of aromatic nitrogens is 2. The van der Waals surface area contributed by atoms with E-state index in [1.54, 1.807) is 0 Å². The van der Waals surface area contributed by atoms with Crippen LogP contribution in [-0.2, 0) is 0 Å². The number of hydrogen-bond donors (Lipinski definition) is 2. The Balaban J connectivity index is 2.25. The Labute approximate surface area is 145 Å². The number of halogens is 1. The number of amides is 1. The Bertz CT molecular complexity index is 794. The van der Waals surface area contributed by atoms with Gasteiger partial charge < -0.3 is 10.4 Å². The van der Waals surface area contributed by atoms with Gasteiger partial charge in [-0.25, -0.2) is 4.39 Å². The molecule has 0 saturated heterocycles. The van der Waals surface area contributed by atoms with E-state index >= 15 is 0 Å². The van der Waals surface area contributed by atoms with E-state index in [1.165, 1.54) is 36.4 Å². The van der Waals surface area contributed by atoms with Crippen molar-refractivity contribution < 1.29 is 14.3 Å². The molecular weight excluding hydrogens is 325 g/mol. The van der Waals surface area contributed by atoms with Gasteiger partial charge in [0, 0.05) is 6.07 Å². The van der Waals surface area contributed by atoms with Gasteiger partial charge in [0.05, 0.1) is 18.3 Å². The van der Waals surface area contributed by atoms with E-state index in [0.717, 1.165) is 4.68 Å². The maximum atomic E-state index is 13.0. The molecule has 1 amide bonds. The first-order valence-corrected chi connectivity index (χ1v) is 7.98. The Morgan fingerprint density at radius 1 is 1.24 bits per heavy atom. The molecule has 1 aromatic heterocycles. The summed E-state index contributed by atoms with van der Waals surface area (Å²) < 4.78 is 14.1. The van der Waals surface area contributed by atoms with Gasteiger partial charge >= 0.3 is 0 Å². The summed E-state index contributed by atoms with van der Waals surface area (Å²) in [4.78, 5) is 24.4. The smallest absolute Gasteiger partial charge is 0.272 e. The predicted molar refractivity (Wildman–Crippen MR) is 92.2 cm³/mol. The third kappa shape index (κ3) is 5.22. The number of nitrogens with one attached hydrogen (secondary N) is 1. The first kappa shape index (κ1) is 18.8. The van der Waals surface area contributed by atoms with Crippen LogP contribution < -0.4 is 10.9 Å². The zero-order valence-electron chi connectivity index (χ0n) is 14.5. The number of hydrogen-bond acceptors (Lipinski definition) is 4. The molecule has 0 saturated carbocycles. The first-order valence-electron chi connectivity index (χ1n) is 7.98. The highest BCUT2D eigenvalue weighted by Gasteiger charge is 2.21. The van der Waals surface area contributed by atoms with E-state index in [1.807, 2.05) is 20.8 Å². The molecule has 2 N–H and O–H groups in total. The average Bonchev–Trinajstić information content (AvgIpc) is 2.54. The van der Waals surface area contributed by atoms with E-state index in [-0.39, 0.29) is 17.7 Å². The highest BCUT2D eigenvalue weighted by Crippen LogP contribution is 2.20. The Morgan fingerprint density at radius 2 is 1.88 bits per heavy atom. The molecule has 2 rings (SSSR count). The van der Waals surface area contributed by atoms with Gasteiger partial charge in [0.25, 0.3) is 11.5 Å². The van der Waals surface area contributed by atoms with Gasteiger partial charge in [-0.3, -0.25) is 9.59 Å². The zero-order chi connectivity index (χ0) is 18.6. The molecule has 7 heteroatoms. The monoisotopic (exact) mass is 347 g/mol. The lowest BCUT2D eigenvalue weighted by Crippen LogP contribution is -2.41. The Kier molecular flexibility index (Phi) is 5.69. The average molecular weight is 347 g/mol. The van der Waals surface area contributed by atoms with Crippen LogP contribution in [0.1, 0.15) is 37.7 Å². The molecule has 0 aliphatic carbocycles. The molecule has 2 aromatic rings. The van der Waals surface area contributed by atoms with Crippen LogP contribution in [0.15, 0.2) is 41.2 Å². The summed E-state index contributed by atoms with van der Waals surface area (Å²) in [6.07, 6.45) is 0.590. The van der Waals surface area contributed by atoms with Gasteiger partial charge in [0.1, 0.15) is 11.5 Å². The minimum absolute atomic E-state index is 0.0382. The van der Waals surface area contributed by atoms with E-state index in [4.69, 9.17) is 0 Å². The molecule has 0 spiro atoms. The highest BCUT2D eigenvalue weighted by molar-refractivity contribution is 5.92. The van der Waals surface area contributed by atoms with Crippen molar-refractivity contribution in [3.63, 3.8) is 0 Å². The number of rotatable bonds is 5. The normalized spacial score (nSPS) is 12.7. The Morgan fingerprint density at radius 3 is 2.44 bits per heavy atom. The van der Waals surface area contributed by atoms with Gasteiger partial charge in [0.2, 0.25) is 0 Å². The number of aliphatic hydroxyl groups is 1. The molecule has 0 aliphatic rings. The second-order valence-electron chi connectivity index (χ2n) is 7.06. The molecule has 1 aromatic carbocycles. The standard InChI is InChI=1S/C18H22FN3O3/c1-18(2,3)10-13(11-23)20-17(25)15-8-9-16(24)22(21-15)14-6-4-12(19)5-7-14/h4-9,13,23H,10-11H2,1-3H3,(H,20,25). The minimum Gasteiger partial charge on any atom is -0.394 e. The molecule has 25 heavy (non-hydrogen) atoms. The number of benzene rings is 1. The third-order valence-electron chi connectivity index (χ3n) is 3.52. The van der Waals surface area contributed by atoms with E-state index < -0.39 is 23.3 Å². The van der Waals surface area contributed by atoms with Crippen molar-refractivity contribution in [2.24, 2.45) is 5.41 Å². The van der Waals surface area contributed by atoms with Crippen molar-refractivity contribution in [2.45, 2.75) is 33.2 Å². The van der Waals surface area contributed by atoms with Gasteiger partial charge in [-0.05, 0) is 42.2 Å². The van der Waals surface area contributed by atoms with Crippen LogP contribution in [0.25, 0.3) is 5.69 Å². The van der Waals surface area contributed by atoms with E-state index in [9.17, 15) is 19.1 Å². The van der Waals surface area contributed by atoms with Crippen LogP contribution in [0, 0.1) is 11.2 Å². The summed E-state index contributed by atoms with van der Waals surface area (Å²) in [5.74, 6) is -0.919. The van der Waals surface area contributed by atoms with Gasteiger partial charge in [-0.15, -0.1) is 0 Å². The lowest BCUT2D eigenvalue weighted by atomic mass is 9.88. The van der Waals surface area contributed by atoms with Crippen LogP contribution in [0.3, 0.4) is 0 Å². The number of carbonyl (C=O) groups excluding carboxylic acids is 1. The molecule has 0 bridgehead atoms. The highest BCUT2D eigenvalue weighted by atomic mass is 19.1. The quantitative estimate of drug-likeness (QED) is 0.865. The van der Waals surface area contributed by atoms with Crippen LogP contribution >= 0.6 is 0 Å². The molecule has 1 heterocycles. The maximum Gasteiger partial charge on any atom is 0.272 e. The topological polar surface area (TPSA) is 84.2 Å². The second-order valence-corrected chi connectivity index (χ2v) is 7.06. The van der Waals surface area contributed by atoms with Crippen molar-refractivity contribution in [2.75, 3.05) is 6.61 Å². The molecule has 6 nitrogen and oxygen atoms in total. The molecule has 1 atom stereocenters. The second kappa shape index (κ2) is 7.57. The van der Waals surface area contributed by atoms with Crippen LogP contribution in [0.4, 0.5) is 4.39 Å². The number of nitrogens with zero attached hydrogens (tertiary/aromatic N) is 2. The zero-order valence-corrected chi connectivity index (χ0v) is 14.5. The van der Waals surface area contributed by atoms with Gasteiger partial charge in [0.15, 0.2) is 0 Å². The number of carbonyl (C=O) groups is 1. The van der Waals surface area contributed by atoms with Crippen molar-refractivity contribution in [3.05, 3.63) is 58.3 Å². The summed E-state index contributed by atoms with van der Waals surface area (Å²) in [5, 5.41) is 16.2. The molecule has 0 radical (unpaired) electrons. The summed E-state index contributed by atoms with van der Waals surface area (Å²) in [7, 11) is 0. The lowest BCUT2D eigenvalue weighted by molar-refractivity contribution is 0.0891. The van der Waals surface area contributed by atoms with Crippen LogP contribution in [0.5, 0.6) is 0 Å². The number of aliphatic hydroxyl groups excluding tert-OH is 1. The van der Waals surface area contributed by atoms with Crippen molar-refractivity contribution in [3.8, 4) is 5.69 Å². The summed E-state index contributed by atoms with van der Waals surface area (Å²) in [6.45, 7) is 5.83. The van der Waals surface area contributed by atoms with Crippen LogP contribution in [0.2, 0.25) is 0 Å². The first-order chi connectivity index (χ1) is 11.7. The van der Waals surface area contributed by atoms with Crippen molar-refractivity contribution >= 4 is 5.91 Å². The molecular formula is C18H22FN3O3. The summed E-state index contributed by atoms with van der Waals surface area (Å²) >= 11 is 0. The predicted octanol–water partition coefficient (Wildman–Crippen LogP) is 1.90. The largest absolute Gasteiger partial charge is 0.394 e. The summed E-state index contributed by atoms with van der Waals surface area (Å²) in [5.41, 5.74) is -0.108. The Hall–Kier alpha value is -2.54. The minimum atomic E-state index is -0.487. The van der Waals surface area contributed by atoms with Crippen LogP contribution in [-0.4, -0.2) is 33.4 Å². The lowest BCUT2D eigenvalue weighted by Gasteiger charge is -2.25. The third-order valence-corrected chi connectivity index (χ3v) is 3.52. The summed E-state index contributed by atoms with van der Waals surface area (Å²) in [6, 6.07) is 7.36. The van der Waals surface area contributed by atoms with Gasteiger partial charge in [-0.2, -0.15) is 9.78 Å². The van der Waals surface area contributed by atoms with E-state index in [2.05, 4.69) is 10.4 Å². The van der Waals surface area contributed by atoms with Gasteiger partial charge in [-0.1, -0.05) is 20.8 Å². The van der Waals surface area contributed by atoms with E-state index in [0.29, 0.717) is 12.1 Å². The molecule has 0 fully saturated rings. The van der Waals surface area contributed by atoms with Crippen molar-refractivity contribution in [1.29, 1.82) is 0 Å². The fraction of sp³-hybridized carbons (Fsp3) is 0.389. The fourth-order valence-corrected chi connectivity index (χ4v) is 2.46. The molecule has 134 valence electrons. The fourth-order valence-electron chi connectivity index (χ4n) is 2.46. The van der Waals surface area contributed by atoms with Crippen molar-refractivity contribution in [1.82, 2.24) is 15.1 Å². The SMILES string of the molecule is CC(C)(C)CC(CO)NC(=O)c1ccc(=O)n(-c2ccc(F)cc2)n1. The maximum absolute atomic E-state index is 13.0. The molecule has 1 unspecified atom stereocenters.